The van der Waals surface area contributed by atoms with Crippen LogP contribution in [0.3, 0.4) is 0 Å². The minimum Gasteiger partial charge on any atom is -0.370 e. The monoisotopic (exact) mass is 374 g/mol. The molecule has 6 nitrogen and oxygen atoms in total. The van der Waals surface area contributed by atoms with E-state index in [4.69, 9.17) is 5.73 Å². The van der Waals surface area contributed by atoms with Crippen LogP contribution in [0, 0.1) is 0 Å². The second-order valence-electron chi connectivity index (χ2n) is 7.38. The number of amides is 1. The fraction of sp³-hybridized carbons (Fsp3) is 0.474. The number of ketones is 1. The SMILES string of the molecule is C[C@H](Sc1nnc(CCC(N)=O)n1C)C(=O)c1ccc(C(C)(C)C)cc1. The molecule has 2 rings (SSSR count). The number of rotatable bonds is 7. The molecule has 26 heavy (non-hydrogen) atoms. The number of thioether (sulfide) groups is 1. The van der Waals surface area contributed by atoms with Gasteiger partial charge in [-0.15, -0.1) is 10.2 Å². The van der Waals surface area contributed by atoms with Gasteiger partial charge in [-0.25, -0.2) is 0 Å². The Morgan fingerprint density at radius 3 is 2.35 bits per heavy atom. The van der Waals surface area contributed by atoms with E-state index in [1.165, 1.54) is 17.3 Å². The van der Waals surface area contributed by atoms with Gasteiger partial charge in [-0.05, 0) is 17.9 Å². The van der Waals surface area contributed by atoms with Gasteiger partial charge in [-0.2, -0.15) is 0 Å². The average Bonchev–Trinajstić information content (AvgIpc) is 2.91. The first-order chi connectivity index (χ1) is 12.1. The molecule has 0 saturated carbocycles. The summed E-state index contributed by atoms with van der Waals surface area (Å²) in [5, 5.41) is 8.57. The van der Waals surface area contributed by atoms with Gasteiger partial charge in [0.05, 0.1) is 5.25 Å². The number of hydrogen-bond acceptors (Lipinski definition) is 5. The predicted octanol–water partition coefficient (Wildman–Crippen LogP) is 2.89. The molecule has 0 unspecified atom stereocenters. The van der Waals surface area contributed by atoms with Gasteiger partial charge in [-0.3, -0.25) is 9.59 Å². The zero-order valence-electron chi connectivity index (χ0n) is 15.9. The number of hydrogen-bond donors (Lipinski definition) is 1. The van der Waals surface area contributed by atoms with Crippen molar-refractivity contribution >= 4 is 23.5 Å². The molecule has 0 aliphatic carbocycles. The summed E-state index contributed by atoms with van der Waals surface area (Å²) in [4.78, 5) is 23.6. The number of nitrogens with zero attached hydrogens (tertiary/aromatic N) is 3. The van der Waals surface area contributed by atoms with Crippen LogP contribution >= 0.6 is 11.8 Å². The van der Waals surface area contributed by atoms with Crippen molar-refractivity contribution < 1.29 is 9.59 Å². The first kappa shape index (κ1) is 20.2. The standard InChI is InChI=1S/C19H26N4O2S/c1-12(17(25)13-6-8-14(9-7-13)19(2,3)4)26-18-22-21-16(23(18)5)11-10-15(20)24/h6-9,12H,10-11H2,1-5H3,(H2,20,24)/t12-/m0/s1. The van der Waals surface area contributed by atoms with Crippen LogP contribution in [0.1, 0.15) is 55.9 Å². The summed E-state index contributed by atoms with van der Waals surface area (Å²) in [7, 11) is 1.83. The van der Waals surface area contributed by atoms with E-state index >= 15 is 0 Å². The molecule has 2 N–H and O–H groups in total. The number of nitrogens with two attached hydrogens (primary N) is 1. The van der Waals surface area contributed by atoms with Gasteiger partial charge in [0, 0.05) is 25.5 Å². The van der Waals surface area contributed by atoms with Crippen LogP contribution < -0.4 is 5.73 Å². The van der Waals surface area contributed by atoms with Crippen LogP contribution in [0.25, 0.3) is 0 Å². The van der Waals surface area contributed by atoms with Crippen molar-refractivity contribution in [2.24, 2.45) is 12.8 Å². The number of aryl methyl sites for hydroxylation is 1. The summed E-state index contributed by atoms with van der Waals surface area (Å²) in [5.41, 5.74) is 7.12. The molecule has 1 aromatic heterocycles. The average molecular weight is 375 g/mol. The fourth-order valence-electron chi connectivity index (χ4n) is 2.48. The molecule has 1 amide bonds. The summed E-state index contributed by atoms with van der Waals surface area (Å²) in [5.74, 6) is 0.363. The molecule has 0 radical (unpaired) electrons. The van der Waals surface area contributed by atoms with E-state index in [-0.39, 0.29) is 28.8 Å². The van der Waals surface area contributed by atoms with Crippen molar-refractivity contribution in [2.75, 3.05) is 0 Å². The Hall–Kier alpha value is -2.15. The lowest BCUT2D eigenvalue weighted by Gasteiger charge is -2.19. The quantitative estimate of drug-likeness (QED) is 0.594. The molecular formula is C19H26N4O2S. The Labute approximate surface area is 158 Å². The van der Waals surface area contributed by atoms with Crippen LogP contribution in [0.2, 0.25) is 0 Å². The minimum atomic E-state index is -0.371. The van der Waals surface area contributed by atoms with Gasteiger partial charge in [0.15, 0.2) is 10.9 Å². The fourth-order valence-corrected chi connectivity index (χ4v) is 3.39. The van der Waals surface area contributed by atoms with E-state index < -0.39 is 0 Å². The molecular weight excluding hydrogens is 348 g/mol. The molecule has 1 atom stereocenters. The van der Waals surface area contributed by atoms with Gasteiger partial charge < -0.3 is 10.3 Å². The topological polar surface area (TPSA) is 90.9 Å². The summed E-state index contributed by atoms with van der Waals surface area (Å²) < 4.78 is 1.81. The highest BCUT2D eigenvalue weighted by Gasteiger charge is 2.21. The number of benzene rings is 1. The number of carbonyl (C=O) groups is 2. The molecule has 7 heteroatoms. The third-order valence-electron chi connectivity index (χ3n) is 4.21. The van der Waals surface area contributed by atoms with E-state index in [0.29, 0.717) is 23.0 Å². The predicted molar refractivity (Wildman–Crippen MR) is 103 cm³/mol. The number of carbonyl (C=O) groups excluding carboxylic acids is 2. The smallest absolute Gasteiger partial charge is 0.217 e. The lowest BCUT2D eigenvalue weighted by molar-refractivity contribution is -0.118. The maximum Gasteiger partial charge on any atom is 0.217 e. The van der Waals surface area contributed by atoms with Crippen molar-refractivity contribution in [3.05, 3.63) is 41.2 Å². The second-order valence-corrected chi connectivity index (χ2v) is 8.68. The lowest BCUT2D eigenvalue weighted by Crippen LogP contribution is -2.16. The van der Waals surface area contributed by atoms with E-state index in [2.05, 4.69) is 31.0 Å². The first-order valence-electron chi connectivity index (χ1n) is 8.57. The van der Waals surface area contributed by atoms with E-state index in [1.807, 2.05) is 38.2 Å². The number of Topliss-reactive ketones (excluding diaryl/α,β-unsaturated/α-hetero) is 1. The van der Waals surface area contributed by atoms with Crippen LogP contribution in [0.4, 0.5) is 0 Å². The Kier molecular flexibility index (Phi) is 6.23. The molecule has 140 valence electrons. The normalized spacial score (nSPS) is 12.8. The van der Waals surface area contributed by atoms with Gasteiger partial charge >= 0.3 is 0 Å². The first-order valence-corrected chi connectivity index (χ1v) is 9.45. The Balaban J connectivity index is 2.06. The van der Waals surface area contributed by atoms with Gasteiger partial charge in [0.1, 0.15) is 5.82 Å². The summed E-state index contributed by atoms with van der Waals surface area (Å²) in [6.45, 7) is 8.30. The van der Waals surface area contributed by atoms with Crippen molar-refractivity contribution in [1.82, 2.24) is 14.8 Å². The summed E-state index contributed by atoms with van der Waals surface area (Å²) in [6, 6.07) is 7.79. The van der Waals surface area contributed by atoms with Gasteiger partial charge in [0.2, 0.25) is 5.91 Å². The van der Waals surface area contributed by atoms with Crippen molar-refractivity contribution in [3.8, 4) is 0 Å². The van der Waals surface area contributed by atoms with Crippen molar-refractivity contribution in [2.45, 2.75) is 56.4 Å². The Bertz CT molecular complexity index is 791. The highest BCUT2D eigenvalue weighted by atomic mass is 32.2. The molecule has 0 bridgehead atoms. The molecule has 1 aromatic carbocycles. The molecule has 0 aliphatic heterocycles. The molecule has 0 saturated heterocycles. The third-order valence-corrected chi connectivity index (χ3v) is 5.34. The lowest BCUT2D eigenvalue weighted by atomic mass is 9.86. The highest BCUT2D eigenvalue weighted by Crippen LogP contribution is 2.26. The summed E-state index contributed by atoms with van der Waals surface area (Å²) >= 11 is 1.36. The molecule has 0 fully saturated rings. The van der Waals surface area contributed by atoms with Crippen LogP contribution in [-0.2, 0) is 23.7 Å². The molecule has 0 aliphatic rings. The molecule has 0 spiro atoms. The van der Waals surface area contributed by atoms with Crippen LogP contribution in [0.5, 0.6) is 0 Å². The number of primary amides is 1. The van der Waals surface area contributed by atoms with E-state index in [0.717, 1.165) is 0 Å². The minimum absolute atomic E-state index is 0.0529. The summed E-state index contributed by atoms with van der Waals surface area (Å²) in [6.07, 6.45) is 0.668. The van der Waals surface area contributed by atoms with E-state index in [1.54, 1.807) is 4.57 Å². The molecule has 1 heterocycles. The number of aromatic nitrogens is 3. The van der Waals surface area contributed by atoms with E-state index in [9.17, 15) is 9.59 Å². The Morgan fingerprint density at radius 2 is 1.81 bits per heavy atom. The zero-order chi connectivity index (χ0) is 19.5. The van der Waals surface area contributed by atoms with Gasteiger partial charge in [-0.1, -0.05) is 56.8 Å². The zero-order valence-corrected chi connectivity index (χ0v) is 16.8. The van der Waals surface area contributed by atoms with Crippen molar-refractivity contribution in [1.29, 1.82) is 0 Å². The van der Waals surface area contributed by atoms with Crippen molar-refractivity contribution in [3.63, 3.8) is 0 Å². The van der Waals surface area contributed by atoms with Crippen LogP contribution in [-0.4, -0.2) is 31.7 Å². The highest BCUT2D eigenvalue weighted by molar-refractivity contribution is 8.00. The maximum absolute atomic E-state index is 12.7. The third kappa shape index (κ3) is 4.94. The van der Waals surface area contributed by atoms with Gasteiger partial charge in [0.25, 0.3) is 0 Å². The largest absolute Gasteiger partial charge is 0.370 e. The van der Waals surface area contributed by atoms with Crippen LogP contribution in [0.15, 0.2) is 29.4 Å². The Morgan fingerprint density at radius 1 is 1.19 bits per heavy atom. The molecule has 2 aromatic rings. The maximum atomic E-state index is 12.7. The second kappa shape index (κ2) is 8.03.